The molecule has 1 aliphatic heterocycles. The molecule has 2 aliphatic rings. The van der Waals surface area contributed by atoms with E-state index in [0.717, 1.165) is 37.0 Å². The Kier molecular flexibility index (Phi) is 5.75. The van der Waals surface area contributed by atoms with E-state index in [0.29, 0.717) is 24.9 Å². The molecule has 0 radical (unpaired) electrons. The molecule has 7 nitrogen and oxygen atoms in total. The predicted molar refractivity (Wildman–Crippen MR) is 107 cm³/mol. The number of carbonyl (C=O) groups is 1. The van der Waals surface area contributed by atoms with Crippen LogP contribution >= 0.6 is 23.4 Å². The molecule has 0 bridgehead atoms. The van der Waals surface area contributed by atoms with Gasteiger partial charge in [-0.3, -0.25) is 9.36 Å². The first-order valence-corrected chi connectivity index (χ1v) is 10.5. The molecular weight excluding hydrogens is 405 g/mol. The Morgan fingerprint density at radius 2 is 2.11 bits per heavy atom. The normalized spacial score (nSPS) is 18.2. The highest BCUT2D eigenvalue weighted by Gasteiger charge is 2.33. The van der Waals surface area contributed by atoms with E-state index in [2.05, 4.69) is 25.0 Å². The largest absolute Gasteiger partial charge is 0.378 e. The first-order valence-electron chi connectivity index (χ1n) is 9.23. The Hall–Kier alpha value is -1.84. The summed E-state index contributed by atoms with van der Waals surface area (Å²) in [5, 5.41) is 12.0. The van der Waals surface area contributed by atoms with Crippen molar-refractivity contribution in [2.45, 2.75) is 36.2 Å². The first kappa shape index (κ1) is 19.5. The van der Waals surface area contributed by atoms with Crippen LogP contribution in [0.25, 0.3) is 0 Å². The fourth-order valence-corrected chi connectivity index (χ4v) is 4.15. The van der Waals surface area contributed by atoms with Gasteiger partial charge in [-0.1, -0.05) is 23.4 Å². The Morgan fingerprint density at radius 1 is 1.36 bits per heavy atom. The van der Waals surface area contributed by atoms with Gasteiger partial charge in [0.25, 0.3) is 0 Å². The number of thioether (sulfide) groups is 1. The quantitative estimate of drug-likeness (QED) is 0.715. The van der Waals surface area contributed by atoms with Crippen LogP contribution in [-0.4, -0.2) is 52.2 Å². The lowest BCUT2D eigenvalue weighted by molar-refractivity contribution is -0.115. The van der Waals surface area contributed by atoms with Crippen molar-refractivity contribution >= 4 is 40.9 Å². The number of morpholine rings is 1. The van der Waals surface area contributed by atoms with Crippen molar-refractivity contribution in [2.24, 2.45) is 0 Å². The number of carbonyl (C=O) groups excluding carboxylic acids is 1. The SMILES string of the molecule is CC(Sc1nnc(N2CCOCC2)n1C1CC1)C(=O)Nc1ccc(F)cc1Cl. The smallest absolute Gasteiger partial charge is 0.237 e. The van der Waals surface area contributed by atoms with Crippen LogP contribution in [0.4, 0.5) is 16.0 Å². The molecule has 1 N–H and O–H groups in total. The molecule has 1 aliphatic carbocycles. The summed E-state index contributed by atoms with van der Waals surface area (Å²) in [5.41, 5.74) is 0.387. The van der Waals surface area contributed by atoms with Crippen LogP contribution in [0.3, 0.4) is 0 Å². The van der Waals surface area contributed by atoms with Crippen molar-refractivity contribution in [2.75, 3.05) is 36.5 Å². The molecule has 150 valence electrons. The van der Waals surface area contributed by atoms with Crippen LogP contribution in [0.2, 0.25) is 5.02 Å². The fraction of sp³-hybridized carbons (Fsp3) is 0.500. The number of hydrogen-bond donors (Lipinski definition) is 1. The molecule has 1 saturated heterocycles. The average molecular weight is 426 g/mol. The van der Waals surface area contributed by atoms with E-state index >= 15 is 0 Å². The number of nitrogens with one attached hydrogen (secondary N) is 1. The predicted octanol–water partition coefficient (Wildman–Crippen LogP) is 3.36. The molecule has 10 heteroatoms. The summed E-state index contributed by atoms with van der Waals surface area (Å²) in [7, 11) is 0. The zero-order valence-electron chi connectivity index (χ0n) is 15.4. The monoisotopic (exact) mass is 425 g/mol. The van der Waals surface area contributed by atoms with Crippen molar-refractivity contribution in [3.63, 3.8) is 0 Å². The fourth-order valence-electron chi connectivity index (χ4n) is 3.02. The van der Waals surface area contributed by atoms with Crippen LogP contribution in [0.1, 0.15) is 25.8 Å². The summed E-state index contributed by atoms with van der Waals surface area (Å²) in [6.45, 7) is 4.73. The van der Waals surface area contributed by atoms with Gasteiger partial charge in [0.05, 0.1) is 29.2 Å². The maximum Gasteiger partial charge on any atom is 0.237 e. The van der Waals surface area contributed by atoms with Gasteiger partial charge in [-0.25, -0.2) is 4.39 Å². The van der Waals surface area contributed by atoms with E-state index in [1.165, 1.54) is 30.0 Å². The summed E-state index contributed by atoms with van der Waals surface area (Å²) in [5.74, 6) is 0.179. The first-order chi connectivity index (χ1) is 13.5. The Labute approximate surface area is 171 Å². The van der Waals surface area contributed by atoms with E-state index in [1.807, 2.05) is 0 Å². The zero-order chi connectivity index (χ0) is 19.7. The second kappa shape index (κ2) is 8.26. The Balaban J connectivity index is 1.47. The number of amides is 1. The zero-order valence-corrected chi connectivity index (χ0v) is 17.0. The minimum Gasteiger partial charge on any atom is -0.378 e. The maximum absolute atomic E-state index is 13.2. The number of halogens is 2. The van der Waals surface area contributed by atoms with Gasteiger partial charge in [-0.05, 0) is 38.0 Å². The third-order valence-electron chi connectivity index (χ3n) is 4.69. The summed E-state index contributed by atoms with van der Waals surface area (Å²) < 4.78 is 20.7. The molecule has 1 atom stereocenters. The number of aromatic nitrogens is 3. The second-order valence-electron chi connectivity index (χ2n) is 6.86. The van der Waals surface area contributed by atoms with Crippen LogP contribution in [0.15, 0.2) is 23.4 Å². The van der Waals surface area contributed by atoms with Gasteiger partial charge in [0.1, 0.15) is 5.82 Å². The molecule has 2 fully saturated rings. The van der Waals surface area contributed by atoms with Gasteiger partial charge in [-0.15, -0.1) is 10.2 Å². The van der Waals surface area contributed by atoms with Crippen molar-refractivity contribution in [1.82, 2.24) is 14.8 Å². The standard InChI is InChI=1S/C18H21ClFN5O2S/c1-11(16(26)21-15-5-2-12(20)10-14(15)19)28-18-23-22-17(25(18)13-3-4-13)24-6-8-27-9-7-24/h2,5,10-11,13H,3-4,6-9H2,1H3,(H,21,26). The average Bonchev–Trinajstić information content (AvgIpc) is 3.44. The van der Waals surface area contributed by atoms with Gasteiger partial charge in [0.15, 0.2) is 5.16 Å². The summed E-state index contributed by atoms with van der Waals surface area (Å²) in [6.07, 6.45) is 2.18. The van der Waals surface area contributed by atoms with Crippen LogP contribution in [0, 0.1) is 5.82 Å². The van der Waals surface area contributed by atoms with Crippen LogP contribution in [0.5, 0.6) is 0 Å². The molecule has 4 rings (SSSR count). The Bertz CT molecular complexity index is 870. The summed E-state index contributed by atoms with van der Waals surface area (Å²) in [6, 6.07) is 4.28. The van der Waals surface area contributed by atoms with Gasteiger partial charge in [0, 0.05) is 19.1 Å². The van der Waals surface area contributed by atoms with Crippen LogP contribution in [-0.2, 0) is 9.53 Å². The summed E-state index contributed by atoms with van der Waals surface area (Å²) in [4.78, 5) is 14.8. The van der Waals surface area contributed by atoms with E-state index < -0.39 is 11.1 Å². The Morgan fingerprint density at radius 3 is 2.79 bits per heavy atom. The highest BCUT2D eigenvalue weighted by molar-refractivity contribution is 8.00. The molecule has 2 aromatic rings. The number of benzene rings is 1. The highest BCUT2D eigenvalue weighted by Crippen LogP contribution is 2.41. The minimum atomic E-state index is -0.446. The van der Waals surface area contributed by atoms with Crippen molar-refractivity contribution in [3.05, 3.63) is 29.0 Å². The minimum absolute atomic E-state index is 0.168. The van der Waals surface area contributed by atoms with Crippen LogP contribution < -0.4 is 10.2 Å². The highest BCUT2D eigenvalue weighted by atomic mass is 35.5. The molecule has 1 unspecified atom stereocenters. The molecule has 1 saturated carbocycles. The lowest BCUT2D eigenvalue weighted by Crippen LogP contribution is -2.38. The summed E-state index contributed by atoms with van der Waals surface area (Å²) >= 11 is 7.36. The number of nitrogens with zero attached hydrogens (tertiary/aromatic N) is 4. The molecule has 2 heterocycles. The topological polar surface area (TPSA) is 72.3 Å². The molecular formula is C18H21ClFN5O2S. The second-order valence-corrected chi connectivity index (χ2v) is 8.57. The van der Waals surface area contributed by atoms with Crippen molar-refractivity contribution in [1.29, 1.82) is 0 Å². The van der Waals surface area contributed by atoms with Crippen molar-refractivity contribution < 1.29 is 13.9 Å². The molecule has 28 heavy (non-hydrogen) atoms. The van der Waals surface area contributed by atoms with Gasteiger partial charge >= 0.3 is 0 Å². The van der Waals surface area contributed by atoms with Gasteiger partial charge in [-0.2, -0.15) is 0 Å². The molecule has 0 spiro atoms. The van der Waals surface area contributed by atoms with Crippen molar-refractivity contribution in [3.8, 4) is 0 Å². The lowest BCUT2D eigenvalue weighted by Gasteiger charge is -2.28. The number of hydrogen-bond acceptors (Lipinski definition) is 6. The molecule has 1 aromatic heterocycles. The molecule has 1 amide bonds. The maximum atomic E-state index is 13.2. The van der Waals surface area contributed by atoms with E-state index in [4.69, 9.17) is 16.3 Å². The van der Waals surface area contributed by atoms with E-state index in [9.17, 15) is 9.18 Å². The lowest BCUT2D eigenvalue weighted by atomic mass is 10.3. The molecule has 1 aromatic carbocycles. The number of ether oxygens (including phenoxy) is 1. The number of rotatable bonds is 6. The van der Waals surface area contributed by atoms with Gasteiger partial charge in [0.2, 0.25) is 11.9 Å². The number of anilines is 2. The van der Waals surface area contributed by atoms with E-state index in [1.54, 1.807) is 6.92 Å². The third-order valence-corrected chi connectivity index (χ3v) is 6.06. The third kappa shape index (κ3) is 4.26. The van der Waals surface area contributed by atoms with E-state index in [-0.39, 0.29) is 10.9 Å². The van der Waals surface area contributed by atoms with Gasteiger partial charge < -0.3 is 15.0 Å².